The summed E-state index contributed by atoms with van der Waals surface area (Å²) < 4.78 is 4.93. The minimum atomic E-state index is -0.947. The van der Waals surface area contributed by atoms with E-state index in [4.69, 9.17) is 23.5 Å². The molecule has 10 heteroatoms. The Bertz CT molecular complexity index is 1300. The summed E-state index contributed by atoms with van der Waals surface area (Å²) >= 11 is 1.23. The topological polar surface area (TPSA) is 124 Å². The minimum Gasteiger partial charge on any atom is -0.447 e. The third-order valence-electron chi connectivity index (χ3n) is 5.34. The molecule has 0 aliphatic heterocycles. The van der Waals surface area contributed by atoms with Gasteiger partial charge in [-0.15, -0.1) is 17.8 Å². The van der Waals surface area contributed by atoms with Gasteiger partial charge < -0.3 is 20.6 Å². The summed E-state index contributed by atoms with van der Waals surface area (Å²) in [5, 5.41) is 7.42. The Morgan fingerprint density at radius 2 is 2.03 bits per heavy atom. The highest BCUT2D eigenvalue weighted by Gasteiger charge is 2.54. The predicted molar refractivity (Wildman–Crippen MR) is 128 cm³/mol. The molecule has 1 atom stereocenters. The SMILES string of the molecule is [C-]#[N+]C1(c2cccc(-c3ccc([C@H](COC(N)=O)NC(=O)Nc4csc(C#C)n4)cc3)n2)CC1. The lowest BCUT2D eigenvalue weighted by Crippen LogP contribution is -2.36. The fourth-order valence-electron chi connectivity index (χ4n) is 3.38. The Labute approximate surface area is 200 Å². The quantitative estimate of drug-likeness (QED) is 0.354. The molecular weight excluding hydrogens is 452 g/mol. The standard InChI is InChI=1S/C24H20N6O3S/c1-3-21-29-20(14-34-21)30-23(32)28-18(13-33-22(25)31)16-9-7-15(8-10-16)17-5-4-6-19(27-17)24(26-2)11-12-24/h1,4-10,14,18H,11-13H2,(H2,25,31)(H2,28,30,32)/t18-/m0/s1. The van der Waals surface area contributed by atoms with Crippen LogP contribution in [-0.4, -0.2) is 28.7 Å². The molecular formula is C24H20N6O3S. The number of urea groups is 1. The van der Waals surface area contributed by atoms with E-state index >= 15 is 0 Å². The average molecular weight is 473 g/mol. The van der Waals surface area contributed by atoms with Gasteiger partial charge in [-0.3, -0.25) is 5.32 Å². The Morgan fingerprint density at radius 1 is 1.26 bits per heavy atom. The molecule has 1 saturated carbocycles. The first-order chi connectivity index (χ1) is 16.4. The van der Waals surface area contributed by atoms with E-state index in [0.29, 0.717) is 16.4 Å². The van der Waals surface area contributed by atoms with Gasteiger partial charge in [0.2, 0.25) is 0 Å². The second-order valence-electron chi connectivity index (χ2n) is 7.64. The number of rotatable bonds is 7. The largest absolute Gasteiger partial charge is 0.447 e. The summed E-state index contributed by atoms with van der Waals surface area (Å²) in [6.07, 6.45) is 6.01. The normalized spacial score (nSPS) is 14.2. The van der Waals surface area contributed by atoms with Gasteiger partial charge in [-0.05, 0) is 23.6 Å². The van der Waals surface area contributed by atoms with Crippen LogP contribution in [0.4, 0.5) is 15.4 Å². The molecule has 34 heavy (non-hydrogen) atoms. The van der Waals surface area contributed by atoms with Gasteiger partial charge in [0.25, 0.3) is 5.54 Å². The first-order valence-electron chi connectivity index (χ1n) is 10.3. The zero-order valence-corrected chi connectivity index (χ0v) is 18.8. The maximum absolute atomic E-state index is 12.5. The van der Waals surface area contributed by atoms with Crippen LogP contribution >= 0.6 is 11.3 Å². The zero-order chi connectivity index (χ0) is 24.1. The number of nitrogens with one attached hydrogen (secondary N) is 2. The van der Waals surface area contributed by atoms with Crippen molar-refractivity contribution in [2.45, 2.75) is 24.4 Å². The molecule has 0 bridgehead atoms. The molecule has 170 valence electrons. The molecule has 3 aromatic rings. The number of pyridine rings is 1. The second kappa shape index (κ2) is 9.61. The maximum atomic E-state index is 12.5. The maximum Gasteiger partial charge on any atom is 0.404 e. The Kier molecular flexibility index (Phi) is 6.44. The fourth-order valence-corrected chi connectivity index (χ4v) is 3.93. The van der Waals surface area contributed by atoms with Gasteiger partial charge in [0, 0.05) is 23.8 Å². The van der Waals surface area contributed by atoms with E-state index in [-0.39, 0.29) is 6.61 Å². The highest BCUT2D eigenvalue weighted by molar-refractivity contribution is 7.10. The first-order valence-corrected chi connectivity index (χ1v) is 11.2. The van der Waals surface area contributed by atoms with Crippen molar-refractivity contribution in [1.82, 2.24) is 15.3 Å². The van der Waals surface area contributed by atoms with Crippen molar-refractivity contribution >= 4 is 29.3 Å². The number of anilines is 1. The monoisotopic (exact) mass is 472 g/mol. The minimum absolute atomic E-state index is 0.157. The Morgan fingerprint density at radius 3 is 2.65 bits per heavy atom. The van der Waals surface area contributed by atoms with Crippen molar-refractivity contribution < 1.29 is 14.3 Å². The lowest BCUT2D eigenvalue weighted by Gasteiger charge is -2.19. The molecule has 1 aliphatic carbocycles. The van der Waals surface area contributed by atoms with Gasteiger partial charge in [-0.1, -0.05) is 30.3 Å². The number of aromatic nitrogens is 2. The van der Waals surface area contributed by atoms with Gasteiger partial charge in [-0.25, -0.2) is 26.1 Å². The third-order valence-corrected chi connectivity index (χ3v) is 6.11. The number of carbonyl (C=O) groups excluding carboxylic acids is 2. The molecule has 9 nitrogen and oxygen atoms in total. The van der Waals surface area contributed by atoms with Gasteiger partial charge in [0.1, 0.15) is 18.1 Å². The number of nitrogens with zero attached hydrogens (tertiary/aromatic N) is 3. The van der Waals surface area contributed by atoms with Crippen LogP contribution in [0.15, 0.2) is 47.8 Å². The molecule has 0 radical (unpaired) electrons. The van der Waals surface area contributed by atoms with Crippen LogP contribution in [0, 0.1) is 18.9 Å². The number of benzene rings is 1. The van der Waals surface area contributed by atoms with Crippen LogP contribution in [0.2, 0.25) is 0 Å². The van der Waals surface area contributed by atoms with Crippen molar-refractivity contribution in [3.63, 3.8) is 0 Å². The number of ether oxygens (including phenoxy) is 1. The van der Waals surface area contributed by atoms with Gasteiger partial charge in [0.15, 0.2) is 5.01 Å². The van der Waals surface area contributed by atoms with Crippen LogP contribution in [0.25, 0.3) is 16.1 Å². The number of carbonyl (C=O) groups is 2. The summed E-state index contributed by atoms with van der Waals surface area (Å²) in [5.74, 6) is 2.72. The zero-order valence-electron chi connectivity index (χ0n) is 17.9. The predicted octanol–water partition coefficient (Wildman–Crippen LogP) is 4.05. The van der Waals surface area contributed by atoms with Gasteiger partial charge >= 0.3 is 12.1 Å². The molecule has 2 aromatic heterocycles. The lowest BCUT2D eigenvalue weighted by atomic mass is 10.0. The van der Waals surface area contributed by atoms with Crippen LogP contribution in [0.3, 0.4) is 0 Å². The second-order valence-corrected chi connectivity index (χ2v) is 8.49. The molecule has 0 unspecified atom stereocenters. The number of amides is 3. The van der Waals surface area contributed by atoms with E-state index < -0.39 is 23.7 Å². The average Bonchev–Trinajstić information content (AvgIpc) is 3.53. The van der Waals surface area contributed by atoms with Crippen molar-refractivity contribution in [3.05, 3.63) is 75.5 Å². The highest BCUT2D eigenvalue weighted by atomic mass is 32.1. The molecule has 1 aromatic carbocycles. The number of terminal acetylenes is 1. The molecule has 4 N–H and O–H groups in total. The molecule has 0 spiro atoms. The van der Waals surface area contributed by atoms with Crippen LogP contribution in [0.1, 0.15) is 35.1 Å². The van der Waals surface area contributed by atoms with Gasteiger partial charge in [-0.2, -0.15) is 0 Å². The summed E-state index contributed by atoms with van der Waals surface area (Å²) in [4.78, 5) is 36.1. The number of hydrogen-bond donors (Lipinski definition) is 3. The fraction of sp³-hybridized carbons (Fsp3) is 0.208. The van der Waals surface area contributed by atoms with Crippen molar-refractivity contribution in [3.8, 4) is 23.6 Å². The van der Waals surface area contributed by atoms with Gasteiger partial charge in [0.05, 0.1) is 11.7 Å². The molecule has 1 fully saturated rings. The highest BCUT2D eigenvalue weighted by Crippen LogP contribution is 2.49. The van der Waals surface area contributed by atoms with Crippen molar-refractivity contribution in [2.75, 3.05) is 11.9 Å². The number of nitrogens with two attached hydrogens (primary N) is 1. The van der Waals surface area contributed by atoms with E-state index in [0.717, 1.165) is 29.8 Å². The molecule has 2 heterocycles. The lowest BCUT2D eigenvalue weighted by molar-refractivity contribution is 0.144. The van der Waals surface area contributed by atoms with Crippen LogP contribution < -0.4 is 16.4 Å². The van der Waals surface area contributed by atoms with E-state index in [1.54, 1.807) is 17.5 Å². The van der Waals surface area contributed by atoms with Crippen molar-refractivity contribution in [1.29, 1.82) is 0 Å². The van der Waals surface area contributed by atoms with Crippen molar-refractivity contribution in [2.24, 2.45) is 5.73 Å². The van der Waals surface area contributed by atoms with E-state index in [1.165, 1.54) is 11.3 Å². The van der Waals surface area contributed by atoms with E-state index in [2.05, 4.69) is 31.4 Å². The first kappa shape index (κ1) is 22.8. The summed E-state index contributed by atoms with van der Waals surface area (Å²) in [5.41, 5.74) is 7.71. The van der Waals surface area contributed by atoms with E-state index in [1.807, 2.05) is 30.3 Å². The molecule has 1 aliphatic rings. The molecule has 0 saturated heterocycles. The summed E-state index contributed by atoms with van der Waals surface area (Å²) in [6, 6.07) is 11.8. The smallest absolute Gasteiger partial charge is 0.404 e. The molecule has 3 amide bonds. The Balaban J connectivity index is 1.50. The van der Waals surface area contributed by atoms with Crippen LogP contribution in [-0.2, 0) is 10.3 Å². The van der Waals surface area contributed by atoms with E-state index in [9.17, 15) is 9.59 Å². The third kappa shape index (κ3) is 5.14. The molecule has 4 rings (SSSR count). The van der Waals surface area contributed by atoms with Crippen LogP contribution in [0.5, 0.6) is 0 Å². The number of hydrogen-bond acceptors (Lipinski definition) is 6. The summed E-state index contributed by atoms with van der Waals surface area (Å²) in [6.45, 7) is 7.30. The summed E-state index contributed by atoms with van der Waals surface area (Å²) in [7, 11) is 0. The Hall–Kier alpha value is -4.41. The number of thiazole rings is 1. The number of primary amides is 1.